The van der Waals surface area contributed by atoms with Crippen LogP contribution < -0.4 is 0 Å². The van der Waals surface area contributed by atoms with Crippen LogP contribution in [0.25, 0.3) is 90.9 Å². The van der Waals surface area contributed by atoms with Gasteiger partial charge in [0.15, 0.2) is 0 Å². The Bertz CT molecular complexity index is 3080. The van der Waals surface area contributed by atoms with Crippen LogP contribution in [0.3, 0.4) is 0 Å². The highest BCUT2D eigenvalue weighted by atomic mass is 16.4. The number of carboxylic acid groups (broad SMARTS) is 1. The number of fused-ring (bicyclic) bond motifs is 8. The van der Waals surface area contributed by atoms with Gasteiger partial charge in [-0.1, -0.05) is 65.2 Å². The molecule has 0 amide bonds. The number of aromatic carboxylic acids is 1. The van der Waals surface area contributed by atoms with Gasteiger partial charge in [-0.2, -0.15) is 0 Å². The highest BCUT2D eigenvalue weighted by Crippen LogP contribution is 2.42. The third-order valence-corrected chi connectivity index (χ3v) is 12.0. The number of nitrogens with zero attached hydrogens (tertiary/aromatic N) is 2. The standard InChI is InChI=1S/C54H48N4O2/c1-28-22-31(4)47(32(5)23-28)51-41-16-14-39(55-41)50(37-10-12-38(13-11-37)54(59)60)40-15-17-42(56-40)52(48-33(6)24-29(2)25-34(48)7)44-19-21-46(58-44)53(45-20-18-43(51)57-45)49-35(8)26-30(3)27-36(49)9/h10-27,55,58H,1-9H3,(H,59,60). The quantitative estimate of drug-likeness (QED) is 0.162. The molecule has 0 spiro atoms. The van der Waals surface area contributed by atoms with Gasteiger partial charge in [0.1, 0.15) is 0 Å². The summed E-state index contributed by atoms with van der Waals surface area (Å²) < 4.78 is 0. The zero-order chi connectivity index (χ0) is 42.1. The smallest absolute Gasteiger partial charge is 0.335 e. The first kappa shape index (κ1) is 38.5. The number of hydrogen-bond donors (Lipinski definition) is 3. The molecule has 0 unspecified atom stereocenters. The second kappa shape index (κ2) is 14.6. The molecule has 7 aromatic rings. The topological polar surface area (TPSA) is 94.7 Å². The Hall–Kier alpha value is -7.05. The number of hydrogen-bond acceptors (Lipinski definition) is 3. The molecule has 0 radical (unpaired) electrons. The fraction of sp³-hybridized carbons (Fsp3) is 0.167. The Kier molecular flexibility index (Phi) is 9.39. The van der Waals surface area contributed by atoms with Gasteiger partial charge in [-0.05, 0) is 179 Å². The Morgan fingerprint density at radius 2 is 0.683 bits per heavy atom. The summed E-state index contributed by atoms with van der Waals surface area (Å²) in [6.07, 6.45) is 8.51. The molecule has 60 heavy (non-hydrogen) atoms. The molecule has 5 heterocycles. The van der Waals surface area contributed by atoms with Crippen LogP contribution in [0.2, 0.25) is 0 Å². The molecule has 2 aliphatic heterocycles. The molecule has 2 aliphatic rings. The first-order chi connectivity index (χ1) is 28.7. The highest BCUT2D eigenvalue weighted by molar-refractivity contribution is 6.01. The van der Waals surface area contributed by atoms with Crippen LogP contribution in [0.5, 0.6) is 0 Å². The zero-order valence-corrected chi connectivity index (χ0v) is 35.6. The highest BCUT2D eigenvalue weighted by Gasteiger charge is 2.22. The summed E-state index contributed by atoms with van der Waals surface area (Å²) in [4.78, 5) is 30.8. The van der Waals surface area contributed by atoms with Gasteiger partial charge in [0.05, 0.1) is 28.3 Å². The van der Waals surface area contributed by atoms with Crippen molar-refractivity contribution >= 4 is 52.3 Å². The molecule has 6 nitrogen and oxygen atoms in total. The third kappa shape index (κ3) is 6.58. The number of H-pyrrole nitrogens is 2. The molecule has 3 aromatic heterocycles. The normalized spacial score (nSPS) is 12.1. The van der Waals surface area contributed by atoms with Crippen LogP contribution >= 0.6 is 0 Å². The second-order valence-electron chi connectivity index (χ2n) is 16.7. The lowest BCUT2D eigenvalue weighted by molar-refractivity contribution is 0.0697. The number of carbonyl (C=O) groups is 1. The minimum atomic E-state index is -0.966. The van der Waals surface area contributed by atoms with E-state index >= 15 is 0 Å². The fourth-order valence-electron chi connectivity index (χ4n) is 9.80. The number of aryl methyl sites for hydroxylation is 9. The van der Waals surface area contributed by atoms with E-state index in [2.05, 4.69) is 157 Å². The molecule has 0 aliphatic carbocycles. The lowest BCUT2D eigenvalue weighted by atomic mass is 9.92. The average Bonchev–Trinajstić information content (AvgIpc) is 4.02. The van der Waals surface area contributed by atoms with E-state index in [-0.39, 0.29) is 5.56 Å². The van der Waals surface area contributed by atoms with Crippen molar-refractivity contribution in [2.24, 2.45) is 0 Å². The lowest BCUT2D eigenvalue weighted by Gasteiger charge is -2.14. The molecule has 0 fully saturated rings. The molecule has 0 saturated heterocycles. The van der Waals surface area contributed by atoms with Gasteiger partial charge in [-0.3, -0.25) is 0 Å². The van der Waals surface area contributed by atoms with Gasteiger partial charge in [-0.15, -0.1) is 0 Å². The third-order valence-electron chi connectivity index (χ3n) is 12.0. The van der Waals surface area contributed by atoms with Gasteiger partial charge >= 0.3 is 5.97 Å². The minimum absolute atomic E-state index is 0.227. The van der Waals surface area contributed by atoms with E-state index in [4.69, 9.17) is 9.97 Å². The van der Waals surface area contributed by atoms with Crippen molar-refractivity contribution in [1.82, 2.24) is 19.9 Å². The minimum Gasteiger partial charge on any atom is -0.478 e. The maximum absolute atomic E-state index is 12.0. The molecule has 8 bridgehead atoms. The molecule has 4 aromatic carbocycles. The molecule has 6 heteroatoms. The molecular weight excluding hydrogens is 737 g/mol. The number of rotatable bonds is 5. The SMILES string of the molecule is Cc1cc(C)c(-c2c3nc(c(-c4c(C)cc(C)cc4C)c4ccc([nH]4)c(-c4c(C)cc(C)cc4C)c4nc(c(-c5ccc(C(=O)O)cc5)c5ccc2[nH]5)C=C4)C=C3)c(C)c1. The van der Waals surface area contributed by atoms with Crippen LogP contribution in [0.4, 0.5) is 0 Å². The van der Waals surface area contributed by atoms with E-state index in [0.717, 1.165) is 89.4 Å². The van der Waals surface area contributed by atoms with Crippen LogP contribution in [0, 0.1) is 62.3 Å². The number of carboxylic acids is 1. The maximum atomic E-state index is 12.0. The number of aromatic amines is 2. The Labute approximate surface area is 351 Å². The van der Waals surface area contributed by atoms with Crippen molar-refractivity contribution < 1.29 is 9.90 Å². The van der Waals surface area contributed by atoms with E-state index < -0.39 is 5.97 Å². The van der Waals surface area contributed by atoms with Crippen molar-refractivity contribution in [1.29, 1.82) is 0 Å². The van der Waals surface area contributed by atoms with Gasteiger partial charge in [0.2, 0.25) is 0 Å². The van der Waals surface area contributed by atoms with E-state index in [0.29, 0.717) is 0 Å². The average molecular weight is 785 g/mol. The van der Waals surface area contributed by atoms with Gasteiger partial charge in [0, 0.05) is 44.3 Å². The predicted octanol–water partition coefficient (Wildman–Crippen LogP) is 13.8. The Morgan fingerprint density at radius 1 is 0.400 bits per heavy atom. The van der Waals surface area contributed by atoms with E-state index in [1.165, 1.54) is 50.1 Å². The molecule has 3 N–H and O–H groups in total. The first-order valence-electron chi connectivity index (χ1n) is 20.5. The summed E-state index contributed by atoms with van der Waals surface area (Å²) in [5.41, 5.74) is 26.2. The van der Waals surface area contributed by atoms with Crippen LogP contribution in [0.15, 0.2) is 84.9 Å². The van der Waals surface area contributed by atoms with Crippen molar-refractivity contribution in [2.45, 2.75) is 62.3 Å². The van der Waals surface area contributed by atoms with Crippen LogP contribution in [0.1, 0.15) is 83.2 Å². The Morgan fingerprint density at radius 3 is 0.983 bits per heavy atom. The lowest BCUT2D eigenvalue weighted by Crippen LogP contribution is -1.96. The first-order valence-corrected chi connectivity index (χ1v) is 20.5. The summed E-state index contributed by atoms with van der Waals surface area (Å²) >= 11 is 0. The summed E-state index contributed by atoms with van der Waals surface area (Å²) in [5.74, 6) is -0.966. The van der Waals surface area contributed by atoms with E-state index in [1.807, 2.05) is 12.1 Å². The van der Waals surface area contributed by atoms with Crippen LogP contribution in [-0.2, 0) is 0 Å². The summed E-state index contributed by atoms with van der Waals surface area (Å²) in [5, 5.41) is 9.80. The molecule has 0 saturated carbocycles. The largest absolute Gasteiger partial charge is 0.478 e. The van der Waals surface area contributed by atoms with Gasteiger partial charge < -0.3 is 15.1 Å². The Balaban J connectivity index is 1.51. The maximum Gasteiger partial charge on any atom is 0.335 e. The van der Waals surface area contributed by atoms with Crippen molar-refractivity contribution in [2.75, 3.05) is 0 Å². The summed E-state index contributed by atoms with van der Waals surface area (Å²) in [6, 6.07) is 29.1. The van der Waals surface area contributed by atoms with Crippen molar-refractivity contribution in [3.63, 3.8) is 0 Å². The number of nitrogens with one attached hydrogen (secondary N) is 2. The predicted molar refractivity (Wildman–Crippen MR) is 250 cm³/mol. The molecule has 296 valence electrons. The fourth-order valence-corrected chi connectivity index (χ4v) is 9.80. The van der Waals surface area contributed by atoms with Crippen molar-refractivity contribution in [3.05, 3.63) is 163 Å². The van der Waals surface area contributed by atoms with Crippen LogP contribution in [-0.4, -0.2) is 31.0 Å². The van der Waals surface area contributed by atoms with Crippen molar-refractivity contribution in [3.8, 4) is 44.5 Å². The number of benzene rings is 4. The molecule has 9 rings (SSSR count). The van der Waals surface area contributed by atoms with E-state index in [9.17, 15) is 9.90 Å². The summed E-state index contributed by atoms with van der Waals surface area (Å²) in [7, 11) is 0. The zero-order valence-electron chi connectivity index (χ0n) is 35.6. The monoisotopic (exact) mass is 784 g/mol. The molecule has 0 atom stereocenters. The summed E-state index contributed by atoms with van der Waals surface area (Å²) in [6.45, 7) is 19.5. The molecular formula is C54H48N4O2. The number of aromatic nitrogens is 4. The van der Waals surface area contributed by atoms with Gasteiger partial charge in [0.25, 0.3) is 0 Å². The van der Waals surface area contributed by atoms with E-state index in [1.54, 1.807) is 12.1 Å². The second-order valence-corrected chi connectivity index (χ2v) is 16.7. The van der Waals surface area contributed by atoms with Gasteiger partial charge in [-0.25, -0.2) is 14.8 Å².